The highest BCUT2D eigenvalue weighted by atomic mass is 16.2. The van der Waals surface area contributed by atoms with Crippen molar-refractivity contribution in [1.82, 2.24) is 5.32 Å². The molecule has 0 aliphatic heterocycles. The van der Waals surface area contributed by atoms with E-state index >= 15 is 0 Å². The lowest BCUT2D eigenvalue weighted by Gasteiger charge is -2.26. The largest absolute Gasteiger partial charge is 0.399 e. The minimum Gasteiger partial charge on any atom is -0.399 e. The third kappa shape index (κ3) is 4.86. The Kier molecular flexibility index (Phi) is 4.31. The van der Waals surface area contributed by atoms with Gasteiger partial charge in [0.15, 0.2) is 0 Å². The predicted molar refractivity (Wildman–Crippen MR) is 70.6 cm³/mol. The van der Waals surface area contributed by atoms with Crippen LogP contribution in [0.4, 0.5) is 5.69 Å². The predicted octanol–water partition coefficient (Wildman–Crippen LogP) is 0.582. The molecule has 0 aliphatic carbocycles. The van der Waals surface area contributed by atoms with E-state index in [-0.39, 0.29) is 12.3 Å². The minimum absolute atomic E-state index is 0.287. The van der Waals surface area contributed by atoms with E-state index in [0.717, 1.165) is 5.56 Å². The first kappa shape index (κ1) is 14.0. The van der Waals surface area contributed by atoms with Crippen molar-refractivity contribution in [2.45, 2.75) is 32.2 Å². The molecule has 5 heteroatoms. The van der Waals surface area contributed by atoms with E-state index in [9.17, 15) is 9.59 Å². The third-order valence-electron chi connectivity index (χ3n) is 2.44. The van der Waals surface area contributed by atoms with Crippen molar-refractivity contribution in [3.8, 4) is 0 Å². The molecule has 0 spiro atoms. The summed E-state index contributed by atoms with van der Waals surface area (Å²) in [6.45, 7) is 3.78. The second-order valence-corrected chi connectivity index (χ2v) is 4.99. The van der Waals surface area contributed by atoms with Crippen LogP contribution < -0.4 is 16.8 Å². The van der Waals surface area contributed by atoms with Crippen LogP contribution in [0.1, 0.15) is 25.8 Å². The number of carbonyl (C=O) groups is 2. The van der Waals surface area contributed by atoms with Crippen LogP contribution in [0, 0.1) is 0 Å². The Morgan fingerprint density at radius 2 is 1.78 bits per heavy atom. The molecule has 1 aromatic rings. The number of carbonyl (C=O) groups excluding carboxylic acids is 2. The topological polar surface area (TPSA) is 98.2 Å². The molecule has 0 fully saturated rings. The van der Waals surface area contributed by atoms with E-state index in [4.69, 9.17) is 11.5 Å². The molecule has 18 heavy (non-hydrogen) atoms. The molecular formula is C13H19N3O2. The number of nitrogens with two attached hydrogens (primary N) is 2. The first-order valence-electron chi connectivity index (χ1n) is 5.72. The maximum atomic E-state index is 11.5. The summed E-state index contributed by atoms with van der Waals surface area (Å²) in [6.07, 6.45) is 0.364. The van der Waals surface area contributed by atoms with Gasteiger partial charge in [-0.1, -0.05) is 12.1 Å². The highest BCUT2D eigenvalue weighted by Gasteiger charge is 2.21. The van der Waals surface area contributed by atoms with Crippen LogP contribution >= 0.6 is 0 Å². The number of nitrogen functional groups attached to an aromatic ring is 1. The van der Waals surface area contributed by atoms with Crippen molar-refractivity contribution >= 4 is 17.5 Å². The lowest BCUT2D eigenvalue weighted by atomic mass is 9.94. The SMILES string of the molecule is CC(C)(Cc1ccc(N)cc1)NC(=O)CC(N)=O. The lowest BCUT2D eigenvalue weighted by Crippen LogP contribution is -2.46. The van der Waals surface area contributed by atoms with E-state index in [1.165, 1.54) is 0 Å². The number of rotatable bonds is 5. The summed E-state index contributed by atoms with van der Waals surface area (Å²) in [5.74, 6) is -0.987. The molecule has 1 aromatic carbocycles. The van der Waals surface area contributed by atoms with Gasteiger partial charge < -0.3 is 16.8 Å². The molecule has 0 bridgehead atoms. The zero-order chi connectivity index (χ0) is 13.8. The molecule has 1 rings (SSSR count). The van der Waals surface area contributed by atoms with Gasteiger partial charge in [-0.25, -0.2) is 0 Å². The number of anilines is 1. The van der Waals surface area contributed by atoms with Gasteiger partial charge in [0.1, 0.15) is 6.42 Å². The Bertz CT molecular complexity index is 438. The molecule has 5 nitrogen and oxygen atoms in total. The fourth-order valence-corrected chi connectivity index (χ4v) is 1.77. The monoisotopic (exact) mass is 249 g/mol. The Labute approximate surface area is 107 Å². The fraction of sp³-hybridized carbons (Fsp3) is 0.385. The maximum absolute atomic E-state index is 11.5. The van der Waals surface area contributed by atoms with Gasteiger partial charge >= 0.3 is 0 Å². The van der Waals surface area contributed by atoms with Crippen LogP contribution in [-0.2, 0) is 16.0 Å². The van der Waals surface area contributed by atoms with Crippen molar-refractivity contribution in [1.29, 1.82) is 0 Å². The molecular weight excluding hydrogens is 230 g/mol. The van der Waals surface area contributed by atoms with Crippen LogP contribution in [0.25, 0.3) is 0 Å². The lowest BCUT2D eigenvalue weighted by molar-refractivity contribution is -0.128. The molecule has 2 amide bonds. The van der Waals surface area contributed by atoms with Crippen LogP contribution in [0.5, 0.6) is 0 Å². The van der Waals surface area contributed by atoms with Crippen molar-refractivity contribution < 1.29 is 9.59 Å². The summed E-state index contributed by atoms with van der Waals surface area (Å²) >= 11 is 0. The number of hydrogen-bond acceptors (Lipinski definition) is 3. The molecule has 0 saturated heterocycles. The second-order valence-electron chi connectivity index (χ2n) is 4.99. The fourth-order valence-electron chi connectivity index (χ4n) is 1.77. The molecule has 0 saturated carbocycles. The first-order valence-corrected chi connectivity index (χ1v) is 5.72. The second kappa shape index (κ2) is 5.53. The summed E-state index contributed by atoms with van der Waals surface area (Å²) < 4.78 is 0. The summed E-state index contributed by atoms with van der Waals surface area (Å²) in [7, 11) is 0. The van der Waals surface area contributed by atoms with Gasteiger partial charge in [-0.05, 0) is 38.0 Å². The molecule has 5 N–H and O–H groups in total. The van der Waals surface area contributed by atoms with Crippen molar-refractivity contribution in [3.05, 3.63) is 29.8 Å². The average Bonchev–Trinajstić information content (AvgIpc) is 2.18. The number of benzene rings is 1. The highest BCUT2D eigenvalue weighted by Crippen LogP contribution is 2.14. The highest BCUT2D eigenvalue weighted by molar-refractivity contribution is 5.96. The molecule has 0 atom stereocenters. The molecule has 0 heterocycles. The summed E-state index contributed by atoms with van der Waals surface area (Å²) in [6, 6.07) is 7.46. The van der Waals surface area contributed by atoms with Crippen LogP contribution in [-0.4, -0.2) is 17.4 Å². The number of primary amides is 1. The summed E-state index contributed by atoms with van der Waals surface area (Å²) in [5.41, 5.74) is 11.9. The molecule has 98 valence electrons. The molecule has 0 radical (unpaired) electrons. The van der Waals surface area contributed by atoms with Gasteiger partial charge in [-0.2, -0.15) is 0 Å². The summed E-state index contributed by atoms with van der Waals surface area (Å²) in [4.78, 5) is 22.1. The molecule has 0 aliphatic rings. The number of nitrogens with one attached hydrogen (secondary N) is 1. The van der Waals surface area contributed by atoms with Gasteiger partial charge in [0.25, 0.3) is 0 Å². The standard InChI is InChI=1S/C13H19N3O2/c1-13(2,16-12(18)7-11(15)17)8-9-3-5-10(14)6-4-9/h3-6H,7-8,14H2,1-2H3,(H2,15,17)(H,16,18). The minimum atomic E-state index is -0.629. The van der Waals surface area contributed by atoms with Gasteiger partial charge in [0.05, 0.1) is 0 Å². The van der Waals surface area contributed by atoms with Crippen LogP contribution in [0.2, 0.25) is 0 Å². The number of hydrogen-bond donors (Lipinski definition) is 3. The van der Waals surface area contributed by atoms with Crippen molar-refractivity contribution in [2.75, 3.05) is 5.73 Å². The van der Waals surface area contributed by atoms with E-state index in [1.54, 1.807) is 0 Å². The Hall–Kier alpha value is -2.04. The average molecular weight is 249 g/mol. The van der Waals surface area contributed by atoms with Crippen molar-refractivity contribution in [3.63, 3.8) is 0 Å². The number of amides is 2. The maximum Gasteiger partial charge on any atom is 0.229 e. The van der Waals surface area contributed by atoms with Crippen molar-refractivity contribution in [2.24, 2.45) is 5.73 Å². The zero-order valence-electron chi connectivity index (χ0n) is 10.7. The van der Waals surface area contributed by atoms with E-state index < -0.39 is 11.4 Å². The molecule has 0 aromatic heterocycles. The van der Waals surface area contributed by atoms with Gasteiger partial charge in [-0.3, -0.25) is 9.59 Å². The Morgan fingerprint density at radius 3 is 2.28 bits per heavy atom. The van der Waals surface area contributed by atoms with Gasteiger partial charge in [-0.15, -0.1) is 0 Å². The van der Waals surface area contributed by atoms with Gasteiger partial charge in [0.2, 0.25) is 11.8 Å². The Morgan fingerprint density at radius 1 is 1.22 bits per heavy atom. The van der Waals surface area contributed by atoms with Gasteiger partial charge in [0, 0.05) is 11.2 Å². The third-order valence-corrected chi connectivity index (χ3v) is 2.44. The molecule has 0 unspecified atom stereocenters. The van der Waals surface area contributed by atoms with Crippen LogP contribution in [0.3, 0.4) is 0 Å². The quantitative estimate of drug-likeness (QED) is 0.526. The summed E-state index contributed by atoms with van der Waals surface area (Å²) in [5, 5.41) is 2.78. The van der Waals surface area contributed by atoms with E-state index in [1.807, 2.05) is 38.1 Å². The Balaban J connectivity index is 2.61. The van der Waals surface area contributed by atoms with E-state index in [2.05, 4.69) is 5.32 Å². The normalized spacial score (nSPS) is 11.0. The first-order chi connectivity index (χ1) is 8.28. The smallest absolute Gasteiger partial charge is 0.229 e. The van der Waals surface area contributed by atoms with Crippen LogP contribution in [0.15, 0.2) is 24.3 Å². The van der Waals surface area contributed by atoms with E-state index in [0.29, 0.717) is 12.1 Å². The zero-order valence-corrected chi connectivity index (χ0v) is 10.7.